The standard InChI is InChI=1S/C15H29N3O/c16-13-15(5-11-19-12-6-15)18-9-7-17(8-10-18)14-3-1-2-4-14/h14H,1-13,16H2. The zero-order valence-electron chi connectivity index (χ0n) is 12.1. The van der Waals surface area contributed by atoms with E-state index in [-0.39, 0.29) is 5.54 Å². The van der Waals surface area contributed by atoms with E-state index in [2.05, 4.69) is 9.80 Å². The van der Waals surface area contributed by atoms with Crippen molar-refractivity contribution < 1.29 is 4.74 Å². The molecule has 4 nitrogen and oxygen atoms in total. The molecule has 0 aromatic carbocycles. The quantitative estimate of drug-likeness (QED) is 0.830. The summed E-state index contributed by atoms with van der Waals surface area (Å²) >= 11 is 0. The van der Waals surface area contributed by atoms with Crippen LogP contribution in [0.5, 0.6) is 0 Å². The van der Waals surface area contributed by atoms with Crippen molar-refractivity contribution in [2.24, 2.45) is 5.73 Å². The Bertz CT molecular complexity index is 277. The van der Waals surface area contributed by atoms with Crippen LogP contribution in [0.15, 0.2) is 0 Å². The summed E-state index contributed by atoms with van der Waals surface area (Å²) in [6.45, 7) is 7.46. The highest BCUT2D eigenvalue weighted by Gasteiger charge is 2.39. The van der Waals surface area contributed by atoms with Gasteiger partial charge in [0.05, 0.1) is 0 Å². The molecule has 1 aliphatic carbocycles. The van der Waals surface area contributed by atoms with Crippen LogP contribution in [0.3, 0.4) is 0 Å². The van der Waals surface area contributed by atoms with Crippen molar-refractivity contribution in [3.63, 3.8) is 0 Å². The average Bonchev–Trinajstić information content (AvgIpc) is 3.02. The van der Waals surface area contributed by atoms with Gasteiger partial charge in [-0.3, -0.25) is 9.80 Å². The molecular weight excluding hydrogens is 238 g/mol. The van der Waals surface area contributed by atoms with E-state index < -0.39 is 0 Å². The minimum atomic E-state index is 0.236. The number of piperazine rings is 1. The van der Waals surface area contributed by atoms with Crippen molar-refractivity contribution in [3.8, 4) is 0 Å². The second-order valence-corrected chi connectivity index (χ2v) is 6.50. The van der Waals surface area contributed by atoms with Gasteiger partial charge in [0.25, 0.3) is 0 Å². The van der Waals surface area contributed by atoms with Crippen LogP contribution in [0.1, 0.15) is 38.5 Å². The molecule has 19 heavy (non-hydrogen) atoms. The van der Waals surface area contributed by atoms with Crippen molar-refractivity contribution >= 4 is 0 Å². The molecular formula is C15H29N3O. The van der Waals surface area contributed by atoms with Gasteiger partial charge in [-0.1, -0.05) is 12.8 Å². The summed E-state index contributed by atoms with van der Waals surface area (Å²) in [6.07, 6.45) is 7.97. The number of nitrogens with two attached hydrogens (primary N) is 1. The Balaban J connectivity index is 1.56. The smallest absolute Gasteiger partial charge is 0.0484 e. The summed E-state index contributed by atoms with van der Waals surface area (Å²) in [4.78, 5) is 5.40. The summed E-state index contributed by atoms with van der Waals surface area (Å²) in [5.74, 6) is 0. The third kappa shape index (κ3) is 2.82. The van der Waals surface area contributed by atoms with E-state index in [1.165, 1.54) is 51.9 Å². The lowest BCUT2D eigenvalue weighted by molar-refractivity contribution is -0.0470. The van der Waals surface area contributed by atoms with Gasteiger partial charge in [-0.05, 0) is 25.7 Å². The van der Waals surface area contributed by atoms with Gasteiger partial charge in [-0.25, -0.2) is 0 Å². The minimum Gasteiger partial charge on any atom is -0.381 e. The SMILES string of the molecule is NCC1(N2CCN(C3CCCC3)CC2)CCOCC1. The first kappa shape index (κ1) is 13.8. The first-order valence-corrected chi connectivity index (χ1v) is 8.11. The van der Waals surface area contributed by atoms with Crippen molar-refractivity contribution in [1.29, 1.82) is 0 Å². The maximum Gasteiger partial charge on any atom is 0.0484 e. The first-order chi connectivity index (χ1) is 9.34. The number of rotatable bonds is 3. The van der Waals surface area contributed by atoms with Crippen LogP contribution in [0.2, 0.25) is 0 Å². The summed E-state index contributed by atoms with van der Waals surface area (Å²) < 4.78 is 5.53. The first-order valence-electron chi connectivity index (χ1n) is 8.11. The number of hydrogen-bond acceptors (Lipinski definition) is 4. The van der Waals surface area contributed by atoms with E-state index in [1.54, 1.807) is 0 Å². The molecule has 0 aromatic heterocycles. The predicted octanol–water partition coefficient (Wildman–Crippen LogP) is 1.05. The molecule has 0 unspecified atom stereocenters. The fourth-order valence-electron chi connectivity index (χ4n) is 4.23. The Kier molecular flexibility index (Phi) is 4.42. The molecule has 0 atom stereocenters. The van der Waals surface area contributed by atoms with Gasteiger partial charge in [0, 0.05) is 57.5 Å². The third-order valence-corrected chi connectivity index (χ3v) is 5.63. The molecule has 0 spiro atoms. The number of ether oxygens (including phenoxy) is 1. The molecule has 4 heteroatoms. The fraction of sp³-hybridized carbons (Fsp3) is 1.00. The van der Waals surface area contributed by atoms with Crippen molar-refractivity contribution in [2.75, 3.05) is 45.9 Å². The maximum absolute atomic E-state index is 6.12. The van der Waals surface area contributed by atoms with Gasteiger partial charge >= 0.3 is 0 Å². The molecule has 2 N–H and O–H groups in total. The van der Waals surface area contributed by atoms with Gasteiger partial charge < -0.3 is 10.5 Å². The van der Waals surface area contributed by atoms with E-state index in [0.29, 0.717) is 0 Å². The lowest BCUT2D eigenvalue weighted by Crippen LogP contribution is -2.62. The average molecular weight is 267 g/mol. The molecule has 3 aliphatic rings. The molecule has 110 valence electrons. The monoisotopic (exact) mass is 267 g/mol. The Morgan fingerprint density at radius 2 is 1.63 bits per heavy atom. The third-order valence-electron chi connectivity index (χ3n) is 5.63. The largest absolute Gasteiger partial charge is 0.381 e. The minimum absolute atomic E-state index is 0.236. The molecule has 0 aromatic rings. The molecule has 2 aliphatic heterocycles. The van der Waals surface area contributed by atoms with Crippen LogP contribution in [0, 0.1) is 0 Å². The Morgan fingerprint density at radius 3 is 2.21 bits per heavy atom. The second kappa shape index (κ2) is 6.08. The van der Waals surface area contributed by atoms with E-state index in [9.17, 15) is 0 Å². The zero-order chi connectivity index (χ0) is 13.1. The molecule has 0 amide bonds. The lowest BCUT2D eigenvalue weighted by atomic mass is 9.87. The normalized spacial score (nSPS) is 30.8. The molecule has 1 saturated carbocycles. The van der Waals surface area contributed by atoms with Gasteiger partial charge in [-0.15, -0.1) is 0 Å². The van der Waals surface area contributed by atoms with Gasteiger partial charge in [0.15, 0.2) is 0 Å². The van der Waals surface area contributed by atoms with Crippen LogP contribution in [0.4, 0.5) is 0 Å². The van der Waals surface area contributed by atoms with Crippen molar-refractivity contribution in [3.05, 3.63) is 0 Å². The Hall–Kier alpha value is -0.160. The van der Waals surface area contributed by atoms with Gasteiger partial charge in [-0.2, -0.15) is 0 Å². The van der Waals surface area contributed by atoms with Crippen LogP contribution >= 0.6 is 0 Å². The Morgan fingerprint density at radius 1 is 1.00 bits per heavy atom. The maximum atomic E-state index is 6.12. The number of hydrogen-bond donors (Lipinski definition) is 1. The van der Waals surface area contributed by atoms with E-state index in [1.807, 2.05) is 0 Å². The summed E-state index contributed by atoms with van der Waals surface area (Å²) in [5, 5.41) is 0. The molecule has 3 fully saturated rings. The zero-order valence-corrected chi connectivity index (χ0v) is 12.1. The number of nitrogens with zero attached hydrogens (tertiary/aromatic N) is 2. The molecule has 0 bridgehead atoms. The highest BCUT2D eigenvalue weighted by Crippen LogP contribution is 2.30. The van der Waals surface area contributed by atoms with Crippen LogP contribution in [-0.2, 0) is 4.74 Å². The highest BCUT2D eigenvalue weighted by molar-refractivity contribution is 4.96. The Labute approximate surface area is 117 Å². The lowest BCUT2D eigenvalue weighted by Gasteiger charge is -2.50. The topological polar surface area (TPSA) is 41.7 Å². The molecule has 0 radical (unpaired) electrons. The van der Waals surface area contributed by atoms with Gasteiger partial charge in [0.2, 0.25) is 0 Å². The molecule has 2 saturated heterocycles. The summed E-state index contributed by atoms with van der Waals surface area (Å²) in [6, 6.07) is 0.880. The van der Waals surface area contributed by atoms with Crippen molar-refractivity contribution in [1.82, 2.24) is 9.80 Å². The van der Waals surface area contributed by atoms with E-state index >= 15 is 0 Å². The second-order valence-electron chi connectivity index (χ2n) is 6.50. The van der Waals surface area contributed by atoms with E-state index in [0.717, 1.165) is 38.6 Å². The molecule has 2 heterocycles. The van der Waals surface area contributed by atoms with Crippen LogP contribution in [-0.4, -0.2) is 67.3 Å². The fourth-order valence-corrected chi connectivity index (χ4v) is 4.23. The van der Waals surface area contributed by atoms with Crippen LogP contribution in [0.25, 0.3) is 0 Å². The van der Waals surface area contributed by atoms with Gasteiger partial charge in [0.1, 0.15) is 0 Å². The predicted molar refractivity (Wildman–Crippen MR) is 77.2 cm³/mol. The highest BCUT2D eigenvalue weighted by atomic mass is 16.5. The van der Waals surface area contributed by atoms with Crippen LogP contribution < -0.4 is 5.73 Å². The van der Waals surface area contributed by atoms with E-state index in [4.69, 9.17) is 10.5 Å². The summed E-state index contributed by atoms with van der Waals surface area (Å²) in [7, 11) is 0. The molecule has 3 rings (SSSR count). The summed E-state index contributed by atoms with van der Waals surface area (Å²) in [5.41, 5.74) is 6.35. The van der Waals surface area contributed by atoms with Crippen molar-refractivity contribution in [2.45, 2.75) is 50.1 Å².